The van der Waals surface area contributed by atoms with Crippen LogP contribution in [0.1, 0.15) is 5.56 Å². The normalized spacial score (nSPS) is 15.8. The Morgan fingerprint density at radius 2 is 1.73 bits per heavy atom. The van der Waals surface area contributed by atoms with Crippen LogP contribution in [0.5, 0.6) is 0 Å². The first-order valence-corrected chi connectivity index (χ1v) is 11.5. The smallest absolute Gasteiger partial charge is 0.408 e. The molecule has 1 amide bonds. The third kappa shape index (κ3) is 4.50. The second-order valence-electron chi connectivity index (χ2n) is 7.35. The minimum Gasteiger partial charge on any atom is -0.408 e. The molecule has 4 rings (SSSR count). The number of fused-ring (bicyclic) bond motifs is 1. The van der Waals surface area contributed by atoms with Crippen molar-refractivity contribution in [2.24, 2.45) is 0 Å². The summed E-state index contributed by atoms with van der Waals surface area (Å²) in [6.07, 6.45) is -4.80. The summed E-state index contributed by atoms with van der Waals surface area (Å²) in [5, 5.41) is -0.598. The van der Waals surface area contributed by atoms with E-state index in [-0.39, 0.29) is 32.7 Å². The van der Waals surface area contributed by atoms with Crippen LogP contribution in [-0.4, -0.2) is 54.3 Å². The molecule has 3 aromatic rings. The van der Waals surface area contributed by atoms with Crippen LogP contribution in [0.15, 0.2) is 56.6 Å². The van der Waals surface area contributed by atoms with Crippen molar-refractivity contribution in [2.45, 2.75) is 17.6 Å². The van der Waals surface area contributed by atoms with Crippen molar-refractivity contribution in [3.05, 3.63) is 63.6 Å². The first-order chi connectivity index (χ1) is 15.5. The van der Waals surface area contributed by atoms with Crippen LogP contribution in [0.25, 0.3) is 11.1 Å². The monoisotopic (exact) mass is 503 g/mol. The van der Waals surface area contributed by atoms with Crippen molar-refractivity contribution in [1.29, 1.82) is 0 Å². The fraction of sp³-hybridized carbons (Fsp3) is 0.300. The summed E-state index contributed by atoms with van der Waals surface area (Å²) >= 11 is 5.57. The lowest BCUT2D eigenvalue weighted by Gasteiger charge is -2.34. The zero-order valence-electron chi connectivity index (χ0n) is 16.9. The zero-order valence-corrected chi connectivity index (χ0v) is 18.5. The van der Waals surface area contributed by atoms with Gasteiger partial charge in [0.05, 0.1) is 21.0 Å². The summed E-state index contributed by atoms with van der Waals surface area (Å²) in [6, 6.07) is 9.04. The number of piperazine rings is 1. The lowest BCUT2D eigenvalue weighted by Crippen LogP contribution is -2.51. The van der Waals surface area contributed by atoms with Gasteiger partial charge in [-0.3, -0.25) is 9.36 Å². The van der Waals surface area contributed by atoms with E-state index in [9.17, 15) is 31.2 Å². The van der Waals surface area contributed by atoms with Gasteiger partial charge in [0.1, 0.15) is 6.54 Å². The SMILES string of the molecule is O=C(Cn1c(=O)oc2ccccc21)N1CCN(S(=O)(=O)c2ccc(Cl)c(C(F)(F)F)c2)CC1. The van der Waals surface area contributed by atoms with E-state index < -0.39 is 43.3 Å². The van der Waals surface area contributed by atoms with Crippen molar-refractivity contribution < 1.29 is 30.8 Å². The second kappa shape index (κ2) is 8.50. The fourth-order valence-corrected chi connectivity index (χ4v) is 5.28. The maximum absolute atomic E-state index is 13.1. The van der Waals surface area contributed by atoms with Crippen LogP contribution in [0.3, 0.4) is 0 Å². The molecule has 0 aliphatic carbocycles. The van der Waals surface area contributed by atoms with Crippen LogP contribution in [0.2, 0.25) is 5.02 Å². The highest BCUT2D eigenvalue weighted by Gasteiger charge is 2.36. The van der Waals surface area contributed by atoms with Gasteiger partial charge in [-0.25, -0.2) is 13.2 Å². The summed E-state index contributed by atoms with van der Waals surface area (Å²) in [4.78, 5) is 25.6. The minimum atomic E-state index is -4.80. The average molecular weight is 504 g/mol. The Morgan fingerprint density at radius 1 is 1.06 bits per heavy atom. The second-order valence-corrected chi connectivity index (χ2v) is 9.69. The number of rotatable bonds is 4. The van der Waals surface area contributed by atoms with Gasteiger partial charge in [-0.15, -0.1) is 0 Å². The van der Waals surface area contributed by atoms with Gasteiger partial charge in [-0.2, -0.15) is 17.5 Å². The molecule has 2 heterocycles. The van der Waals surface area contributed by atoms with Crippen molar-refractivity contribution in [3.8, 4) is 0 Å². The molecular formula is C20H17ClF3N3O5S. The predicted molar refractivity (Wildman–Crippen MR) is 112 cm³/mol. The van der Waals surface area contributed by atoms with Gasteiger partial charge in [0.25, 0.3) is 0 Å². The molecule has 1 saturated heterocycles. The van der Waals surface area contributed by atoms with Gasteiger partial charge >= 0.3 is 11.9 Å². The van der Waals surface area contributed by atoms with E-state index in [1.165, 1.54) is 9.47 Å². The number of para-hydroxylation sites is 2. The number of carbonyl (C=O) groups is 1. The Hall–Kier alpha value is -2.83. The molecule has 0 spiro atoms. The van der Waals surface area contributed by atoms with Crippen LogP contribution >= 0.6 is 11.6 Å². The molecule has 0 unspecified atom stereocenters. The largest absolute Gasteiger partial charge is 0.420 e. The van der Waals surface area contributed by atoms with Crippen LogP contribution < -0.4 is 5.76 Å². The lowest BCUT2D eigenvalue weighted by molar-refractivity contribution is -0.137. The third-order valence-electron chi connectivity index (χ3n) is 5.34. The third-order valence-corrected chi connectivity index (χ3v) is 7.56. The van der Waals surface area contributed by atoms with Crippen molar-refractivity contribution in [3.63, 3.8) is 0 Å². The van der Waals surface area contributed by atoms with Crippen LogP contribution in [-0.2, 0) is 27.5 Å². The van der Waals surface area contributed by atoms with Gasteiger partial charge in [-0.1, -0.05) is 23.7 Å². The number of carbonyl (C=O) groups excluding carboxylic acids is 1. The molecule has 0 radical (unpaired) electrons. The number of halogens is 4. The van der Waals surface area contributed by atoms with Gasteiger partial charge < -0.3 is 9.32 Å². The molecular weight excluding hydrogens is 487 g/mol. The summed E-state index contributed by atoms with van der Waals surface area (Å²) < 4.78 is 72.4. The number of oxazole rings is 1. The Balaban J connectivity index is 1.47. The molecule has 1 aromatic heterocycles. The molecule has 0 atom stereocenters. The standard InChI is InChI=1S/C20H17ClF3N3O5S/c21-15-6-5-13(11-14(15)20(22,23)24)33(30,31)26-9-7-25(8-10-26)18(28)12-27-16-3-1-2-4-17(16)32-19(27)29/h1-6,11H,7-10,12H2. The number of alkyl halides is 3. The molecule has 176 valence electrons. The molecule has 8 nitrogen and oxygen atoms in total. The highest BCUT2D eigenvalue weighted by Crippen LogP contribution is 2.36. The Kier molecular flexibility index (Phi) is 6.01. The Labute approximate surface area is 190 Å². The first-order valence-electron chi connectivity index (χ1n) is 9.71. The topological polar surface area (TPSA) is 92.8 Å². The Morgan fingerprint density at radius 3 is 2.39 bits per heavy atom. The molecule has 1 aliphatic rings. The van der Waals surface area contributed by atoms with E-state index in [1.807, 2.05) is 0 Å². The van der Waals surface area contributed by atoms with E-state index in [4.69, 9.17) is 16.0 Å². The summed E-state index contributed by atoms with van der Waals surface area (Å²) in [5.41, 5.74) is -0.440. The van der Waals surface area contributed by atoms with E-state index in [1.54, 1.807) is 24.3 Å². The van der Waals surface area contributed by atoms with Crippen molar-refractivity contribution in [2.75, 3.05) is 26.2 Å². The summed E-state index contributed by atoms with van der Waals surface area (Å²) in [5.74, 6) is -1.10. The number of benzene rings is 2. The van der Waals surface area contributed by atoms with Crippen LogP contribution in [0, 0.1) is 0 Å². The maximum atomic E-state index is 13.1. The average Bonchev–Trinajstić information content (AvgIpc) is 3.08. The predicted octanol–water partition coefficient (Wildman–Crippen LogP) is 2.80. The molecule has 13 heteroatoms. The first kappa shape index (κ1) is 23.3. The molecule has 1 fully saturated rings. The number of amides is 1. The zero-order chi connectivity index (χ0) is 24.0. The fourth-order valence-electron chi connectivity index (χ4n) is 3.61. The van der Waals surface area contributed by atoms with Gasteiger partial charge in [-0.05, 0) is 30.3 Å². The van der Waals surface area contributed by atoms with Crippen molar-refractivity contribution in [1.82, 2.24) is 13.8 Å². The highest BCUT2D eigenvalue weighted by atomic mass is 35.5. The van der Waals surface area contributed by atoms with Gasteiger partial charge in [0.15, 0.2) is 5.58 Å². The minimum absolute atomic E-state index is 0.0162. The molecule has 0 saturated carbocycles. The molecule has 0 N–H and O–H groups in total. The van der Waals surface area contributed by atoms with E-state index >= 15 is 0 Å². The molecule has 33 heavy (non-hydrogen) atoms. The summed E-state index contributed by atoms with van der Waals surface area (Å²) in [6.45, 7) is -0.475. The Bertz CT molecular complexity index is 1380. The number of aromatic nitrogens is 1. The molecule has 0 bridgehead atoms. The molecule has 2 aromatic carbocycles. The van der Waals surface area contributed by atoms with Gasteiger partial charge in [0.2, 0.25) is 15.9 Å². The number of hydrogen-bond donors (Lipinski definition) is 0. The quantitative estimate of drug-likeness (QED) is 0.546. The van der Waals surface area contributed by atoms with Crippen molar-refractivity contribution >= 4 is 38.6 Å². The van der Waals surface area contributed by atoms with E-state index in [0.29, 0.717) is 17.2 Å². The number of nitrogens with zero attached hydrogens (tertiary/aromatic N) is 3. The highest BCUT2D eigenvalue weighted by molar-refractivity contribution is 7.89. The number of sulfonamides is 1. The molecule has 1 aliphatic heterocycles. The van der Waals surface area contributed by atoms with Crippen LogP contribution in [0.4, 0.5) is 13.2 Å². The summed E-state index contributed by atoms with van der Waals surface area (Å²) in [7, 11) is -4.23. The van der Waals surface area contributed by atoms with E-state index in [2.05, 4.69) is 0 Å². The van der Waals surface area contributed by atoms with E-state index in [0.717, 1.165) is 16.4 Å². The number of hydrogen-bond acceptors (Lipinski definition) is 5. The maximum Gasteiger partial charge on any atom is 0.420 e. The lowest BCUT2D eigenvalue weighted by atomic mass is 10.2. The van der Waals surface area contributed by atoms with Gasteiger partial charge in [0, 0.05) is 26.2 Å².